The number of rotatable bonds is 5. The highest BCUT2D eigenvalue weighted by molar-refractivity contribution is 6.35. The topological polar surface area (TPSA) is 55.4 Å². The highest BCUT2D eigenvalue weighted by Gasteiger charge is 2.51. The smallest absolute Gasteiger partial charge is 0.331 e. The minimum Gasteiger partial charge on any atom is -0.452 e. The first-order chi connectivity index (χ1) is 12.9. The third-order valence-electron chi connectivity index (χ3n) is 6.15. The van der Waals surface area contributed by atoms with Crippen LogP contribution in [0.25, 0.3) is 6.08 Å². The number of hydrogen-bond acceptors (Lipinski definition) is 3. The molecule has 5 rings (SSSR count). The van der Waals surface area contributed by atoms with E-state index in [1.165, 1.54) is 25.3 Å². The van der Waals surface area contributed by atoms with Crippen molar-refractivity contribution in [2.45, 2.75) is 44.1 Å². The van der Waals surface area contributed by atoms with Crippen LogP contribution >= 0.6 is 23.2 Å². The Hall–Kier alpha value is -1.52. The number of carbonyl (C=O) groups is 2. The van der Waals surface area contributed by atoms with Gasteiger partial charge in [0.2, 0.25) is 0 Å². The lowest BCUT2D eigenvalue weighted by Crippen LogP contribution is -2.60. The molecule has 0 unspecified atom stereocenters. The molecule has 1 amide bonds. The van der Waals surface area contributed by atoms with Crippen LogP contribution in [0.5, 0.6) is 0 Å². The molecule has 0 radical (unpaired) electrons. The minimum absolute atomic E-state index is 0.0646. The van der Waals surface area contributed by atoms with E-state index in [2.05, 4.69) is 5.32 Å². The van der Waals surface area contributed by atoms with E-state index in [1.54, 1.807) is 24.3 Å². The second-order valence-corrected chi connectivity index (χ2v) is 9.20. The second kappa shape index (κ2) is 7.48. The zero-order valence-corrected chi connectivity index (χ0v) is 16.6. The molecule has 4 aliphatic carbocycles. The summed E-state index contributed by atoms with van der Waals surface area (Å²) >= 11 is 11.9. The molecular formula is C21H23Cl2NO3. The van der Waals surface area contributed by atoms with Crippen LogP contribution < -0.4 is 5.32 Å². The number of halogens is 2. The zero-order valence-electron chi connectivity index (χ0n) is 15.0. The van der Waals surface area contributed by atoms with Gasteiger partial charge in [-0.1, -0.05) is 29.3 Å². The van der Waals surface area contributed by atoms with Crippen LogP contribution in [0.3, 0.4) is 0 Å². The number of benzene rings is 1. The van der Waals surface area contributed by atoms with Crippen LogP contribution in [-0.4, -0.2) is 24.0 Å². The van der Waals surface area contributed by atoms with Gasteiger partial charge in [-0.25, -0.2) is 4.79 Å². The van der Waals surface area contributed by atoms with Crippen molar-refractivity contribution in [3.8, 4) is 0 Å². The third kappa shape index (κ3) is 4.33. The molecule has 0 aromatic heterocycles. The fraction of sp³-hybridized carbons (Fsp3) is 0.524. The summed E-state index contributed by atoms with van der Waals surface area (Å²) in [6, 6.07) is 5.01. The van der Waals surface area contributed by atoms with E-state index in [0.29, 0.717) is 15.6 Å². The highest BCUT2D eigenvalue weighted by Crippen LogP contribution is 2.55. The minimum atomic E-state index is -0.568. The Morgan fingerprint density at radius 3 is 2.33 bits per heavy atom. The second-order valence-electron chi connectivity index (χ2n) is 8.35. The van der Waals surface area contributed by atoms with Crippen LogP contribution in [0, 0.1) is 17.8 Å². The molecule has 0 aliphatic heterocycles. The van der Waals surface area contributed by atoms with Gasteiger partial charge in [0.1, 0.15) is 0 Å². The number of ether oxygens (including phenoxy) is 1. The molecule has 4 saturated carbocycles. The Bertz CT molecular complexity index is 754. The Morgan fingerprint density at radius 2 is 1.74 bits per heavy atom. The van der Waals surface area contributed by atoms with Crippen molar-refractivity contribution in [2.75, 3.05) is 6.61 Å². The summed E-state index contributed by atoms with van der Waals surface area (Å²) in [6.07, 6.45) is 10.0. The van der Waals surface area contributed by atoms with E-state index >= 15 is 0 Å². The van der Waals surface area contributed by atoms with E-state index in [4.69, 9.17) is 27.9 Å². The summed E-state index contributed by atoms with van der Waals surface area (Å²) in [5.74, 6) is 1.49. The lowest BCUT2D eigenvalue weighted by Gasteiger charge is -2.56. The molecule has 4 nitrogen and oxygen atoms in total. The fourth-order valence-corrected chi connectivity index (χ4v) is 6.05. The van der Waals surface area contributed by atoms with E-state index in [-0.39, 0.29) is 18.1 Å². The van der Waals surface area contributed by atoms with Crippen molar-refractivity contribution in [1.29, 1.82) is 0 Å². The molecule has 4 aliphatic rings. The molecule has 0 spiro atoms. The van der Waals surface area contributed by atoms with Crippen molar-refractivity contribution in [3.05, 3.63) is 39.9 Å². The number of esters is 1. The van der Waals surface area contributed by atoms with Gasteiger partial charge in [0.05, 0.1) is 0 Å². The fourth-order valence-electron chi connectivity index (χ4n) is 5.57. The SMILES string of the molecule is O=C(COC(=O)C=Cc1ccc(Cl)cc1Cl)NC12CC3CC(CC(C3)C1)C2. The highest BCUT2D eigenvalue weighted by atomic mass is 35.5. The first-order valence-corrected chi connectivity index (χ1v) is 10.3. The lowest BCUT2D eigenvalue weighted by molar-refractivity contribution is -0.145. The molecular weight excluding hydrogens is 385 g/mol. The summed E-state index contributed by atoms with van der Waals surface area (Å²) in [6.45, 7) is -0.251. The summed E-state index contributed by atoms with van der Waals surface area (Å²) < 4.78 is 5.10. The molecule has 6 heteroatoms. The first-order valence-electron chi connectivity index (χ1n) is 9.52. The molecule has 0 atom stereocenters. The van der Waals surface area contributed by atoms with Crippen LogP contribution in [0.15, 0.2) is 24.3 Å². The normalized spacial score (nSPS) is 31.3. The number of hydrogen-bond donors (Lipinski definition) is 1. The Labute approximate surface area is 169 Å². The molecule has 4 bridgehead atoms. The van der Waals surface area contributed by atoms with Gasteiger partial charge >= 0.3 is 5.97 Å². The molecule has 0 saturated heterocycles. The van der Waals surface area contributed by atoms with E-state index in [0.717, 1.165) is 37.0 Å². The summed E-state index contributed by atoms with van der Waals surface area (Å²) in [7, 11) is 0. The zero-order chi connectivity index (χ0) is 19.0. The molecule has 27 heavy (non-hydrogen) atoms. The number of nitrogens with one attached hydrogen (secondary N) is 1. The van der Waals surface area contributed by atoms with Crippen molar-refractivity contribution < 1.29 is 14.3 Å². The first kappa shape index (κ1) is 18.8. The van der Waals surface area contributed by atoms with Gasteiger partial charge in [-0.15, -0.1) is 0 Å². The predicted molar refractivity (Wildman–Crippen MR) is 106 cm³/mol. The van der Waals surface area contributed by atoms with E-state index < -0.39 is 5.97 Å². The average molecular weight is 408 g/mol. The summed E-state index contributed by atoms with van der Waals surface area (Å²) in [5.41, 5.74) is 0.598. The molecule has 144 valence electrons. The quantitative estimate of drug-likeness (QED) is 0.571. The Kier molecular flexibility index (Phi) is 5.21. The van der Waals surface area contributed by atoms with E-state index in [9.17, 15) is 9.59 Å². The maximum absolute atomic E-state index is 12.3. The van der Waals surface area contributed by atoms with Crippen LogP contribution in [-0.2, 0) is 14.3 Å². The van der Waals surface area contributed by atoms with Gasteiger partial charge in [-0.05, 0) is 80.1 Å². The predicted octanol–water partition coefficient (Wildman–Crippen LogP) is 4.63. The number of carbonyl (C=O) groups excluding carboxylic acids is 2. The Morgan fingerprint density at radius 1 is 1.11 bits per heavy atom. The van der Waals surface area contributed by atoms with Gasteiger partial charge in [0.25, 0.3) is 5.91 Å². The van der Waals surface area contributed by atoms with Gasteiger partial charge in [0, 0.05) is 21.7 Å². The maximum Gasteiger partial charge on any atom is 0.331 e. The van der Waals surface area contributed by atoms with Crippen molar-refractivity contribution >= 4 is 41.2 Å². The largest absolute Gasteiger partial charge is 0.452 e. The summed E-state index contributed by atoms with van der Waals surface area (Å²) in [4.78, 5) is 24.3. The summed E-state index contributed by atoms with van der Waals surface area (Å²) in [5, 5.41) is 4.17. The molecule has 4 fully saturated rings. The third-order valence-corrected chi connectivity index (χ3v) is 6.71. The van der Waals surface area contributed by atoms with Gasteiger partial charge < -0.3 is 10.1 Å². The van der Waals surface area contributed by atoms with Crippen LogP contribution in [0.4, 0.5) is 0 Å². The molecule has 1 aromatic carbocycles. The molecule has 1 aromatic rings. The maximum atomic E-state index is 12.3. The van der Waals surface area contributed by atoms with Gasteiger partial charge in [-0.3, -0.25) is 4.79 Å². The average Bonchev–Trinajstić information content (AvgIpc) is 2.57. The van der Waals surface area contributed by atoms with E-state index in [1.807, 2.05) is 0 Å². The molecule has 1 N–H and O–H groups in total. The lowest BCUT2D eigenvalue weighted by atomic mass is 9.53. The monoisotopic (exact) mass is 407 g/mol. The standard InChI is InChI=1S/C21H23Cl2NO3/c22-17-3-1-16(18(23)8-17)2-4-20(26)27-12-19(25)24-21-9-13-5-14(10-21)7-15(6-13)11-21/h1-4,8,13-15H,5-7,9-12H2,(H,24,25). The van der Waals surface area contributed by atoms with Crippen LogP contribution in [0.2, 0.25) is 10.0 Å². The van der Waals surface area contributed by atoms with Gasteiger partial charge in [0.15, 0.2) is 6.61 Å². The van der Waals surface area contributed by atoms with Gasteiger partial charge in [-0.2, -0.15) is 0 Å². The molecule has 0 heterocycles. The number of amides is 1. The Balaban J connectivity index is 1.28. The van der Waals surface area contributed by atoms with Crippen molar-refractivity contribution in [2.24, 2.45) is 17.8 Å². The van der Waals surface area contributed by atoms with Crippen molar-refractivity contribution in [3.63, 3.8) is 0 Å². The van der Waals surface area contributed by atoms with Crippen LogP contribution in [0.1, 0.15) is 44.1 Å². The van der Waals surface area contributed by atoms with Crippen molar-refractivity contribution in [1.82, 2.24) is 5.32 Å².